The minimum Gasteiger partial charge on any atom is -0.437 e. The van der Waals surface area contributed by atoms with Crippen LogP contribution in [0.2, 0.25) is 0 Å². The first-order valence-electron chi connectivity index (χ1n) is 17.2. The van der Waals surface area contributed by atoms with Gasteiger partial charge in [-0.3, -0.25) is 4.57 Å². The van der Waals surface area contributed by atoms with E-state index >= 15 is 0 Å². The van der Waals surface area contributed by atoms with Crippen LogP contribution in [0.15, 0.2) is 126 Å². The molecule has 9 rings (SSSR count). The number of fused-ring (bicyclic) bond motifs is 7. The van der Waals surface area contributed by atoms with Gasteiger partial charge >= 0.3 is 0 Å². The van der Waals surface area contributed by atoms with Gasteiger partial charge in [-0.05, 0) is 92.7 Å². The molecule has 0 saturated carbocycles. The molecule has 50 heavy (non-hydrogen) atoms. The molecule has 0 saturated heterocycles. The van der Waals surface area contributed by atoms with Gasteiger partial charge in [0.2, 0.25) is 5.71 Å². The van der Waals surface area contributed by atoms with Crippen LogP contribution < -0.4 is 0 Å². The Bertz CT molecular complexity index is 2820. The SMILES string of the molecule is CC(C)c1cc(-c2ccc3ccccc3c2)cc(C(C)C)c1-n1c(-c2cccc3c2oc2nc(C#N)ccc23)nc2ccc3ccccc3c21. The molecule has 0 spiro atoms. The Balaban J connectivity index is 1.40. The lowest BCUT2D eigenvalue weighted by Crippen LogP contribution is -2.09. The molecule has 0 atom stereocenters. The molecule has 5 heteroatoms. The van der Waals surface area contributed by atoms with Crippen LogP contribution >= 0.6 is 0 Å². The monoisotopic (exact) mass is 646 g/mol. The van der Waals surface area contributed by atoms with Gasteiger partial charge in [-0.25, -0.2) is 9.97 Å². The number of hydrogen-bond donors (Lipinski definition) is 0. The molecule has 6 aromatic carbocycles. The maximum atomic E-state index is 9.55. The molecule has 0 aliphatic heterocycles. The van der Waals surface area contributed by atoms with Crippen molar-refractivity contribution in [2.75, 3.05) is 0 Å². The number of rotatable bonds is 5. The highest BCUT2D eigenvalue weighted by Gasteiger charge is 2.26. The molecule has 0 aliphatic rings. The zero-order chi connectivity index (χ0) is 34.1. The molecular formula is C45H34N4O. The van der Waals surface area contributed by atoms with Gasteiger partial charge in [-0.1, -0.05) is 107 Å². The Morgan fingerprint density at radius 1 is 0.620 bits per heavy atom. The molecule has 0 amide bonds. The molecule has 0 aliphatic carbocycles. The largest absolute Gasteiger partial charge is 0.437 e. The molecule has 3 heterocycles. The summed E-state index contributed by atoms with van der Waals surface area (Å²) in [6.45, 7) is 9.12. The van der Waals surface area contributed by atoms with Crippen LogP contribution in [-0.4, -0.2) is 14.5 Å². The molecule has 240 valence electrons. The van der Waals surface area contributed by atoms with Gasteiger partial charge in [0.15, 0.2) is 0 Å². The van der Waals surface area contributed by atoms with Crippen molar-refractivity contribution in [3.05, 3.63) is 138 Å². The van der Waals surface area contributed by atoms with Crippen molar-refractivity contribution in [3.63, 3.8) is 0 Å². The molecule has 0 N–H and O–H groups in total. The molecule has 3 aromatic heterocycles. The molecule has 0 unspecified atom stereocenters. The fourth-order valence-corrected chi connectivity index (χ4v) is 7.51. The highest BCUT2D eigenvalue weighted by Crippen LogP contribution is 2.44. The third kappa shape index (κ3) is 4.60. The first kappa shape index (κ1) is 29.9. The van der Waals surface area contributed by atoms with Crippen molar-refractivity contribution < 1.29 is 4.42 Å². The standard InChI is InChI=1S/C45H34N4O/c1-26(2)38-23-32(31-17-16-28-10-5-6-12-30(28)22-31)24-39(27(3)4)41(38)49-42-34-13-8-7-11-29(34)18-21-40(42)48-44(49)37-15-9-14-35-36-20-19-33(25-46)47-45(36)50-43(35)37/h5-24,26-27H,1-4H3. The summed E-state index contributed by atoms with van der Waals surface area (Å²) in [5.74, 6) is 1.25. The summed E-state index contributed by atoms with van der Waals surface area (Å²) in [4.78, 5) is 9.92. The average molecular weight is 647 g/mol. The third-order valence-electron chi connectivity index (χ3n) is 9.98. The number of imidazole rings is 1. The van der Waals surface area contributed by atoms with Crippen LogP contribution in [0, 0.1) is 11.3 Å². The van der Waals surface area contributed by atoms with Gasteiger partial charge in [0.1, 0.15) is 23.2 Å². The predicted molar refractivity (Wildman–Crippen MR) is 205 cm³/mol. The maximum absolute atomic E-state index is 9.55. The molecule has 0 bridgehead atoms. The first-order valence-corrected chi connectivity index (χ1v) is 17.2. The zero-order valence-corrected chi connectivity index (χ0v) is 28.4. The highest BCUT2D eigenvalue weighted by molar-refractivity contribution is 6.11. The van der Waals surface area contributed by atoms with Gasteiger partial charge in [0.05, 0.1) is 22.3 Å². The van der Waals surface area contributed by atoms with Crippen molar-refractivity contribution in [1.82, 2.24) is 14.5 Å². The van der Waals surface area contributed by atoms with E-state index in [1.54, 1.807) is 6.07 Å². The summed E-state index contributed by atoms with van der Waals surface area (Å²) in [6, 6.07) is 44.9. The van der Waals surface area contributed by atoms with Crippen LogP contribution in [0.3, 0.4) is 0 Å². The first-order chi connectivity index (χ1) is 24.4. The van der Waals surface area contributed by atoms with Gasteiger partial charge in [-0.2, -0.15) is 5.26 Å². The Morgan fingerprint density at radius 3 is 2.08 bits per heavy atom. The second-order valence-electron chi connectivity index (χ2n) is 13.7. The lowest BCUT2D eigenvalue weighted by molar-refractivity contribution is 0.654. The highest BCUT2D eigenvalue weighted by atomic mass is 16.3. The van der Waals surface area contributed by atoms with Crippen LogP contribution in [0.4, 0.5) is 0 Å². The number of hydrogen-bond acceptors (Lipinski definition) is 4. The number of benzene rings is 6. The minimum atomic E-state index is 0.221. The zero-order valence-electron chi connectivity index (χ0n) is 28.4. The molecule has 5 nitrogen and oxygen atoms in total. The number of pyridine rings is 1. The third-order valence-corrected chi connectivity index (χ3v) is 9.98. The summed E-state index contributed by atoms with van der Waals surface area (Å²) >= 11 is 0. The smallest absolute Gasteiger partial charge is 0.228 e. The van der Waals surface area contributed by atoms with Crippen LogP contribution in [-0.2, 0) is 0 Å². The van der Waals surface area contributed by atoms with Gasteiger partial charge in [-0.15, -0.1) is 0 Å². The Kier molecular flexibility index (Phi) is 6.82. The average Bonchev–Trinajstić information content (AvgIpc) is 3.72. The summed E-state index contributed by atoms with van der Waals surface area (Å²) in [5.41, 5.74) is 10.4. The van der Waals surface area contributed by atoms with Crippen molar-refractivity contribution in [2.24, 2.45) is 0 Å². The van der Waals surface area contributed by atoms with Gasteiger partial charge < -0.3 is 4.42 Å². The van der Waals surface area contributed by atoms with E-state index in [1.165, 1.54) is 33.0 Å². The van der Waals surface area contributed by atoms with Crippen molar-refractivity contribution in [1.29, 1.82) is 5.26 Å². The minimum absolute atomic E-state index is 0.221. The van der Waals surface area contributed by atoms with Crippen molar-refractivity contribution >= 4 is 54.6 Å². The van der Waals surface area contributed by atoms with Crippen molar-refractivity contribution in [3.8, 4) is 34.3 Å². The van der Waals surface area contributed by atoms with Gasteiger partial charge in [0.25, 0.3) is 0 Å². The number of furan rings is 1. The fourth-order valence-electron chi connectivity index (χ4n) is 7.51. The number of nitrogens with zero attached hydrogens (tertiary/aromatic N) is 4. The second-order valence-corrected chi connectivity index (χ2v) is 13.7. The Morgan fingerprint density at radius 2 is 1.32 bits per heavy atom. The molecule has 9 aromatic rings. The lowest BCUT2D eigenvalue weighted by atomic mass is 9.87. The Hall–Kier alpha value is -6.25. The van der Waals surface area contributed by atoms with E-state index < -0.39 is 0 Å². The van der Waals surface area contributed by atoms with E-state index in [0.29, 0.717) is 17.0 Å². The van der Waals surface area contributed by atoms with E-state index in [2.05, 4.69) is 153 Å². The van der Waals surface area contributed by atoms with Crippen LogP contribution in [0.25, 0.3) is 82.8 Å². The normalized spacial score (nSPS) is 11.9. The molecule has 0 radical (unpaired) electrons. The Labute approximate surface area is 290 Å². The van der Waals surface area contributed by atoms with Gasteiger partial charge in [0, 0.05) is 16.2 Å². The summed E-state index contributed by atoms with van der Waals surface area (Å²) in [7, 11) is 0. The van der Waals surface area contributed by atoms with Crippen LogP contribution in [0.5, 0.6) is 0 Å². The maximum Gasteiger partial charge on any atom is 0.228 e. The fraction of sp³-hybridized carbons (Fsp3) is 0.133. The number of para-hydroxylation sites is 1. The summed E-state index contributed by atoms with van der Waals surface area (Å²) in [5, 5.41) is 16.1. The lowest BCUT2D eigenvalue weighted by Gasteiger charge is -2.25. The number of nitriles is 1. The second kappa shape index (κ2) is 11.4. The van der Waals surface area contributed by atoms with Crippen molar-refractivity contribution in [2.45, 2.75) is 39.5 Å². The summed E-state index contributed by atoms with van der Waals surface area (Å²) < 4.78 is 8.90. The van der Waals surface area contributed by atoms with E-state index in [0.717, 1.165) is 49.7 Å². The van der Waals surface area contributed by atoms with E-state index in [9.17, 15) is 5.26 Å². The topological polar surface area (TPSA) is 67.6 Å². The quantitative estimate of drug-likeness (QED) is 0.187. The van der Waals surface area contributed by atoms with E-state index in [-0.39, 0.29) is 11.8 Å². The number of aromatic nitrogens is 3. The predicted octanol–water partition coefficient (Wildman–Crippen LogP) is 12.1. The molecular weight excluding hydrogens is 613 g/mol. The van der Waals surface area contributed by atoms with E-state index in [1.807, 2.05) is 6.07 Å². The van der Waals surface area contributed by atoms with E-state index in [4.69, 9.17) is 9.40 Å². The molecule has 0 fully saturated rings. The van der Waals surface area contributed by atoms with Crippen LogP contribution in [0.1, 0.15) is 56.4 Å². The summed E-state index contributed by atoms with van der Waals surface area (Å²) in [6.07, 6.45) is 0.